The molecular formula is C17H22N4OS. The van der Waals surface area contributed by atoms with E-state index in [1.807, 2.05) is 28.5 Å². The van der Waals surface area contributed by atoms with E-state index in [2.05, 4.69) is 29.1 Å². The summed E-state index contributed by atoms with van der Waals surface area (Å²) in [4.78, 5) is 21.6. The van der Waals surface area contributed by atoms with Gasteiger partial charge in [-0.15, -0.1) is 11.3 Å². The second-order valence-corrected chi connectivity index (χ2v) is 6.80. The fourth-order valence-electron chi connectivity index (χ4n) is 2.92. The first-order valence-corrected chi connectivity index (χ1v) is 8.76. The van der Waals surface area contributed by atoms with E-state index in [0.717, 1.165) is 31.1 Å². The van der Waals surface area contributed by atoms with Crippen molar-refractivity contribution >= 4 is 17.2 Å². The molecule has 6 heteroatoms. The zero-order chi connectivity index (χ0) is 16.2. The molecule has 1 aliphatic rings. The summed E-state index contributed by atoms with van der Waals surface area (Å²) in [7, 11) is 2.10. The van der Waals surface area contributed by atoms with Crippen LogP contribution in [0.25, 0.3) is 0 Å². The number of amides is 1. The standard InChI is InChI=1S/C17H22N4OS/c1-20-9-10-21(15(11-20)13-5-3-2-4-6-13)17(22)14-12-23-16(19-14)7-8-18/h2-6,12,15H,7-11,18H2,1H3. The van der Waals surface area contributed by atoms with Gasteiger partial charge in [0, 0.05) is 31.4 Å². The molecule has 5 nitrogen and oxygen atoms in total. The largest absolute Gasteiger partial charge is 0.330 e. The highest BCUT2D eigenvalue weighted by Crippen LogP contribution is 2.27. The Morgan fingerprint density at radius 1 is 1.35 bits per heavy atom. The average Bonchev–Trinajstić information content (AvgIpc) is 3.04. The van der Waals surface area contributed by atoms with Gasteiger partial charge in [0.25, 0.3) is 5.91 Å². The van der Waals surface area contributed by atoms with Crippen LogP contribution in [0.5, 0.6) is 0 Å². The molecule has 2 aromatic rings. The van der Waals surface area contributed by atoms with Crippen molar-refractivity contribution in [2.24, 2.45) is 5.73 Å². The van der Waals surface area contributed by atoms with Gasteiger partial charge in [0.15, 0.2) is 0 Å². The Hall–Kier alpha value is -1.76. The smallest absolute Gasteiger partial charge is 0.273 e. The predicted octanol–water partition coefficient (Wildman–Crippen LogP) is 1.77. The first-order valence-electron chi connectivity index (χ1n) is 7.88. The van der Waals surface area contributed by atoms with Crippen LogP contribution in [-0.2, 0) is 6.42 Å². The summed E-state index contributed by atoms with van der Waals surface area (Å²) < 4.78 is 0. The molecule has 1 unspecified atom stereocenters. The normalized spacial score (nSPS) is 19.0. The number of piperazine rings is 1. The summed E-state index contributed by atoms with van der Waals surface area (Å²) in [5.41, 5.74) is 7.28. The van der Waals surface area contributed by atoms with Crippen LogP contribution < -0.4 is 5.73 Å². The summed E-state index contributed by atoms with van der Waals surface area (Å²) >= 11 is 1.52. The molecule has 1 saturated heterocycles. The molecule has 23 heavy (non-hydrogen) atoms. The molecule has 1 aliphatic heterocycles. The van der Waals surface area contributed by atoms with Crippen molar-refractivity contribution in [2.75, 3.05) is 33.2 Å². The van der Waals surface area contributed by atoms with E-state index in [9.17, 15) is 4.79 Å². The summed E-state index contributed by atoms with van der Waals surface area (Å²) in [5, 5.41) is 2.79. The predicted molar refractivity (Wildman–Crippen MR) is 92.6 cm³/mol. The van der Waals surface area contributed by atoms with Crippen LogP contribution in [0.4, 0.5) is 0 Å². The van der Waals surface area contributed by atoms with Crippen LogP contribution in [0.15, 0.2) is 35.7 Å². The lowest BCUT2D eigenvalue weighted by atomic mass is 10.0. The number of thiazole rings is 1. The van der Waals surface area contributed by atoms with Crippen molar-refractivity contribution in [3.63, 3.8) is 0 Å². The van der Waals surface area contributed by atoms with Gasteiger partial charge in [-0.05, 0) is 19.2 Å². The molecule has 3 rings (SSSR count). The second-order valence-electron chi connectivity index (χ2n) is 5.85. The first kappa shape index (κ1) is 16.1. The molecule has 2 N–H and O–H groups in total. The lowest BCUT2D eigenvalue weighted by molar-refractivity contribution is 0.0493. The Labute approximate surface area is 140 Å². The van der Waals surface area contributed by atoms with Gasteiger partial charge in [0.2, 0.25) is 0 Å². The van der Waals surface area contributed by atoms with Crippen molar-refractivity contribution in [3.05, 3.63) is 52.0 Å². The number of benzene rings is 1. The lowest BCUT2D eigenvalue weighted by Gasteiger charge is -2.40. The molecule has 0 saturated carbocycles. The fraction of sp³-hybridized carbons (Fsp3) is 0.412. The Morgan fingerprint density at radius 2 is 2.13 bits per heavy atom. The van der Waals surface area contributed by atoms with Gasteiger partial charge in [0.1, 0.15) is 5.69 Å². The van der Waals surface area contributed by atoms with Gasteiger partial charge in [-0.25, -0.2) is 4.98 Å². The summed E-state index contributed by atoms with van der Waals surface area (Å²) in [5.74, 6) is 0.0199. The van der Waals surface area contributed by atoms with Gasteiger partial charge in [-0.3, -0.25) is 4.79 Å². The van der Waals surface area contributed by atoms with E-state index in [0.29, 0.717) is 12.2 Å². The third kappa shape index (κ3) is 3.60. The van der Waals surface area contributed by atoms with E-state index in [1.165, 1.54) is 16.9 Å². The number of hydrogen-bond acceptors (Lipinski definition) is 5. The fourth-order valence-corrected chi connectivity index (χ4v) is 3.71. The summed E-state index contributed by atoms with van der Waals surface area (Å²) in [6, 6.07) is 10.3. The van der Waals surface area contributed by atoms with E-state index in [1.54, 1.807) is 0 Å². The van der Waals surface area contributed by atoms with Crippen LogP contribution in [-0.4, -0.2) is 53.9 Å². The highest BCUT2D eigenvalue weighted by molar-refractivity contribution is 7.09. The van der Waals surface area contributed by atoms with Gasteiger partial charge in [0.05, 0.1) is 11.0 Å². The van der Waals surface area contributed by atoms with Crippen molar-refractivity contribution in [3.8, 4) is 0 Å². The Balaban J connectivity index is 1.84. The SMILES string of the molecule is CN1CCN(C(=O)c2csc(CCN)n2)C(c2ccccc2)C1. The van der Waals surface area contributed by atoms with Gasteiger partial charge in [-0.1, -0.05) is 30.3 Å². The van der Waals surface area contributed by atoms with Crippen LogP contribution in [0, 0.1) is 0 Å². The number of carbonyl (C=O) groups is 1. The topological polar surface area (TPSA) is 62.5 Å². The number of rotatable bonds is 4. The zero-order valence-corrected chi connectivity index (χ0v) is 14.1. The summed E-state index contributed by atoms with van der Waals surface area (Å²) in [6.45, 7) is 3.01. The van der Waals surface area contributed by atoms with Crippen molar-refractivity contribution in [1.29, 1.82) is 0 Å². The minimum atomic E-state index is 0.0199. The van der Waals surface area contributed by atoms with E-state index in [-0.39, 0.29) is 11.9 Å². The van der Waals surface area contributed by atoms with Gasteiger partial charge in [-0.2, -0.15) is 0 Å². The van der Waals surface area contributed by atoms with Crippen LogP contribution in [0.3, 0.4) is 0 Å². The molecule has 1 aromatic heterocycles. The maximum absolute atomic E-state index is 12.9. The molecule has 122 valence electrons. The number of hydrogen-bond donors (Lipinski definition) is 1. The maximum Gasteiger partial charge on any atom is 0.273 e. The number of likely N-dealkylation sites (N-methyl/N-ethyl adjacent to an activating group) is 1. The summed E-state index contributed by atoms with van der Waals surface area (Å²) in [6.07, 6.45) is 0.725. The molecule has 0 spiro atoms. The Kier molecular flexibility index (Phi) is 5.05. The number of carbonyl (C=O) groups excluding carboxylic acids is 1. The van der Waals surface area contributed by atoms with Crippen molar-refractivity contribution in [2.45, 2.75) is 12.5 Å². The van der Waals surface area contributed by atoms with Crippen LogP contribution in [0.1, 0.15) is 27.1 Å². The molecular weight excluding hydrogens is 308 g/mol. The number of aromatic nitrogens is 1. The molecule has 0 bridgehead atoms. The molecule has 1 fully saturated rings. The third-order valence-corrected chi connectivity index (χ3v) is 5.07. The van der Waals surface area contributed by atoms with E-state index in [4.69, 9.17) is 5.73 Å². The third-order valence-electron chi connectivity index (χ3n) is 4.16. The number of nitrogens with zero attached hydrogens (tertiary/aromatic N) is 3. The molecule has 1 atom stereocenters. The second kappa shape index (κ2) is 7.21. The quantitative estimate of drug-likeness (QED) is 0.928. The highest BCUT2D eigenvalue weighted by Gasteiger charge is 2.31. The van der Waals surface area contributed by atoms with E-state index < -0.39 is 0 Å². The average molecular weight is 330 g/mol. The lowest BCUT2D eigenvalue weighted by Crippen LogP contribution is -2.49. The van der Waals surface area contributed by atoms with Crippen molar-refractivity contribution in [1.82, 2.24) is 14.8 Å². The Morgan fingerprint density at radius 3 is 2.87 bits per heavy atom. The Bertz CT molecular complexity index is 658. The van der Waals surface area contributed by atoms with Gasteiger partial charge < -0.3 is 15.5 Å². The zero-order valence-electron chi connectivity index (χ0n) is 13.3. The van der Waals surface area contributed by atoms with Crippen LogP contribution in [0.2, 0.25) is 0 Å². The molecule has 0 radical (unpaired) electrons. The molecule has 1 amide bonds. The van der Waals surface area contributed by atoms with E-state index >= 15 is 0 Å². The minimum absolute atomic E-state index is 0.0199. The maximum atomic E-state index is 12.9. The molecule has 2 heterocycles. The van der Waals surface area contributed by atoms with Gasteiger partial charge >= 0.3 is 0 Å². The number of nitrogens with two attached hydrogens (primary N) is 1. The monoisotopic (exact) mass is 330 g/mol. The van der Waals surface area contributed by atoms with Crippen molar-refractivity contribution < 1.29 is 4.79 Å². The molecule has 0 aliphatic carbocycles. The molecule has 1 aromatic carbocycles. The minimum Gasteiger partial charge on any atom is -0.330 e. The highest BCUT2D eigenvalue weighted by atomic mass is 32.1. The van der Waals surface area contributed by atoms with Crippen LogP contribution >= 0.6 is 11.3 Å². The first-order chi connectivity index (χ1) is 11.2.